The van der Waals surface area contributed by atoms with Gasteiger partial charge in [0, 0.05) is 0 Å². The summed E-state index contributed by atoms with van der Waals surface area (Å²) in [6.45, 7) is 0. The summed E-state index contributed by atoms with van der Waals surface area (Å²) in [5.41, 5.74) is -0.611. The monoisotopic (exact) mass is 274 g/mol. The topological polar surface area (TPSA) is 75.7 Å². The molecular weight excluding hydrogens is 260 g/mol. The van der Waals surface area contributed by atoms with E-state index in [-0.39, 0.29) is 0 Å². The zero-order valence-corrected chi connectivity index (χ0v) is 11.0. The molecule has 1 aromatic carbocycles. The lowest BCUT2D eigenvalue weighted by atomic mass is 9.66. The highest BCUT2D eigenvalue weighted by molar-refractivity contribution is 6.30. The van der Waals surface area contributed by atoms with Gasteiger partial charge in [0.1, 0.15) is 11.2 Å². The molecule has 6 nitrogen and oxygen atoms in total. The molecule has 2 aliphatic rings. The standard InChI is InChI=1S/C14H14N2O4/c1-20-10-5-3-9(4-6-10)16-12(18)14(7-2-8-14)11(17)15-13(16)19/h3-6H,2,7-8H2,1H3,(H,15,17,19). The molecule has 1 saturated heterocycles. The fraction of sp³-hybridized carbons (Fsp3) is 0.357. The number of hydrogen-bond acceptors (Lipinski definition) is 4. The molecule has 0 atom stereocenters. The van der Waals surface area contributed by atoms with Crippen LogP contribution in [0.5, 0.6) is 5.75 Å². The summed E-state index contributed by atoms with van der Waals surface area (Å²) in [4.78, 5) is 37.4. The van der Waals surface area contributed by atoms with Crippen LogP contribution in [0.2, 0.25) is 0 Å². The normalized spacial score (nSPS) is 20.6. The zero-order chi connectivity index (χ0) is 14.3. The molecule has 2 fully saturated rings. The van der Waals surface area contributed by atoms with Gasteiger partial charge < -0.3 is 4.74 Å². The Kier molecular flexibility index (Phi) is 2.74. The number of rotatable bonds is 2. The molecule has 1 saturated carbocycles. The molecule has 1 aromatic rings. The number of hydrogen-bond donors (Lipinski definition) is 1. The van der Waals surface area contributed by atoms with Gasteiger partial charge in [-0.05, 0) is 37.1 Å². The maximum atomic E-state index is 12.5. The van der Waals surface area contributed by atoms with Crippen LogP contribution in [-0.2, 0) is 9.59 Å². The smallest absolute Gasteiger partial charge is 0.335 e. The Morgan fingerprint density at radius 1 is 1.15 bits per heavy atom. The molecule has 0 unspecified atom stereocenters. The van der Waals surface area contributed by atoms with Crippen molar-refractivity contribution in [2.45, 2.75) is 19.3 Å². The maximum Gasteiger partial charge on any atom is 0.335 e. The van der Waals surface area contributed by atoms with E-state index in [4.69, 9.17) is 4.74 Å². The predicted molar refractivity (Wildman–Crippen MR) is 70.3 cm³/mol. The minimum absolute atomic E-state index is 0.428. The average Bonchev–Trinajstić information content (AvgIpc) is 2.37. The first-order valence-electron chi connectivity index (χ1n) is 6.42. The van der Waals surface area contributed by atoms with Crippen molar-refractivity contribution in [3.8, 4) is 5.75 Å². The van der Waals surface area contributed by atoms with E-state index >= 15 is 0 Å². The number of anilines is 1. The molecule has 0 aromatic heterocycles. The van der Waals surface area contributed by atoms with Gasteiger partial charge in [0.2, 0.25) is 5.91 Å². The van der Waals surface area contributed by atoms with Gasteiger partial charge in [-0.1, -0.05) is 6.42 Å². The molecule has 104 valence electrons. The van der Waals surface area contributed by atoms with Crippen molar-refractivity contribution in [2.75, 3.05) is 12.0 Å². The molecule has 1 aliphatic heterocycles. The molecule has 4 amide bonds. The molecule has 0 bridgehead atoms. The van der Waals surface area contributed by atoms with E-state index < -0.39 is 23.3 Å². The highest BCUT2D eigenvalue weighted by Gasteiger charge is 2.57. The number of barbiturate groups is 1. The lowest BCUT2D eigenvalue weighted by molar-refractivity contribution is -0.148. The molecule has 1 N–H and O–H groups in total. The number of nitrogens with zero attached hydrogens (tertiary/aromatic N) is 1. The quantitative estimate of drug-likeness (QED) is 0.828. The van der Waals surface area contributed by atoms with Gasteiger partial charge in [-0.3, -0.25) is 14.9 Å². The Hall–Kier alpha value is -2.37. The summed E-state index contributed by atoms with van der Waals surface area (Å²) < 4.78 is 5.04. The van der Waals surface area contributed by atoms with Gasteiger partial charge >= 0.3 is 6.03 Å². The Labute approximate surface area is 115 Å². The number of carbonyl (C=O) groups excluding carboxylic acids is 3. The Balaban J connectivity index is 1.96. The number of urea groups is 1. The number of ether oxygens (including phenoxy) is 1. The van der Waals surface area contributed by atoms with Crippen molar-refractivity contribution >= 4 is 23.5 Å². The number of nitrogens with one attached hydrogen (secondary N) is 1. The minimum Gasteiger partial charge on any atom is -0.497 e. The van der Waals surface area contributed by atoms with Gasteiger partial charge in [-0.2, -0.15) is 0 Å². The summed E-state index contributed by atoms with van der Waals surface area (Å²) in [6, 6.07) is 5.89. The van der Waals surface area contributed by atoms with Gasteiger partial charge in [-0.25, -0.2) is 9.69 Å². The van der Waals surface area contributed by atoms with Gasteiger partial charge in [0.15, 0.2) is 0 Å². The van der Waals surface area contributed by atoms with Crippen molar-refractivity contribution in [3.05, 3.63) is 24.3 Å². The van der Waals surface area contributed by atoms with Crippen molar-refractivity contribution < 1.29 is 19.1 Å². The summed E-state index contributed by atoms with van der Waals surface area (Å²) in [6.07, 6.45) is 1.82. The fourth-order valence-electron chi connectivity index (χ4n) is 2.61. The van der Waals surface area contributed by atoms with Crippen molar-refractivity contribution in [2.24, 2.45) is 5.41 Å². The second-order valence-electron chi connectivity index (χ2n) is 5.03. The Bertz CT molecular complexity index is 590. The Morgan fingerprint density at radius 3 is 2.30 bits per heavy atom. The van der Waals surface area contributed by atoms with Crippen molar-refractivity contribution in [1.82, 2.24) is 5.32 Å². The highest BCUT2D eigenvalue weighted by Crippen LogP contribution is 2.45. The molecule has 20 heavy (non-hydrogen) atoms. The predicted octanol–water partition coefficient (Wildman–Crippen LogP) is 1.45. The summed E-state index contributed by atoms with van der Waals surface area (Å²) in [7, 11) is 1.54. The highest BCUT2D eigenvalue weighted by atomic mass is 16.5. The summed E-state index contributed by atoms with van der Waals surface area (Å²) in [5, 5.41) is 2.28. The SMILES string of the molecule is COc1ccc(N2C(=O)NC(=O)C3(CCC3)C2=O)cc1. The lowest BCUT2D eigenvalue weighted by Crippen LogP contribution is -2.66. The molecule has 1 aliphatic carbocycles. The van der Waals surface area contributed by atoms with Gasteiger partial charge in [0.25, 0.3) is 5.91 Å². The van der Waals surface area contributed by atoms with E-state index in [1.165, 1.54) is 7.11 Å². The average molecular weight is 274 g/mol. The molecule has 1 spiro atoms. The van der Waals surface area contributed by atoms with Crippen LogP contribution < -0.4 is 15.0 Å². The van der Waals surface area contributed by atoms with Crippen LogP contribution in [0.15, 0.2) is 24.3 Å². The van der Waals surface area contributed by atoms with Gasteiger partial charge in [0.05, 0.1) is 12.8 Å². The third-order valence-electron chi connectivity index (χ3n) is 4.01. The second kappa shape index (κ2) is 4.33. The fourth-order valence-corrected chi connectivity index (χ4v) is 2.61. The molecule has 6 heteroatoms. The van der Waals surface area contributed by atoms with Crippen LogP contribution in [0.4, 0.5) is 10.5 Å². The first-order valence-corrected chi connectivity index (χ1v) is 6.42. The van der Waals surface area contributed by atoms with E-state index in [2.05, 4.69) is 5.32 Å². The lowest BCUT2D eigenvalue weighted by Gasteiger charge is -2.44. The van der Waals surface area contributed by atoms with E-state index in [9.17, 15) is 14.4 Å². The third-order valence-corrected chi connectivity index (χ3v) is 4.01. The summed E-state index contributed by atoms with van der Waals surface area (Å²) in [5.74, 6) is -0.265. The zero-order valence-electron chi connectivity index (χ0n) is 11.0. The largest absolute Gasteiger partial charge is 0.497 e. The molecular formula is C14H14N2O4. The van der Waals surface area contributed by atoms with E-state index in [0.717, 1.165) is 11.3 Å². The first-order chi connectivity index (χ1) is 9.58. The van der Waals surface area contributed by atoms with Crippen LogP contribution in [-0.4, -0.2) is 25.0 Å². The van der Waals surface area contributed by atoms with E-state index in [1.807, 2.05) is 0 Å². The van der Waals surface area contributed by atoms with E-state index in [1.54, 1.807) is 24.3 Å². The number of benzene rings is 1. The van der Waals surface area contributed by atoms with E-state index in [0.29, 0.717) is 24.3 Å². The van der Waals surface area contributed by atoms with Crippen LogP contribution in [0.25, 0.3) is 0 Å². The van der Waals surface area contributed by atoms with Crippen LogP contribution >= 0.6 is 0 Å². The van der Waals surface area contributed by atoms with Crippen molar-refractivity contribution in [3.63, 3.8) is 0 Å². The van der Waals surface area contributed by atoms with Crippen molar-refractivity contribution in [1.29, 1.82) is 0 Å². The number of carbonyl (C=O) groups is 3. The number of methoxy groups -OCH3 is 1. The maximum absolute atomic E-state index is 12.5. The Morgan fingerprint density at radius 2 is 1.80 bits per heavy atom. The molecule has 1 heterocycles. The first kappa shape index (κ1) is 12.7. The minimum atomic E-state index is -1.05. The summed E-state index contributed by atoms with van der Waals surface area (Å²) >= 11 is 0. The molecule has 0 radical (unpaired) electrons. The van der Waals surface area contributed by atoms with Crippen LogP contribution in [0.1, 0.15) is 19.3 Å². The van der Waals surface area contributed by atoms with Crippen LogP contribution in [0, 0.1) is 5.41 Å². The van der Waals surface area contributed by atoms with Gasteiger partial charge in [-0.15, -0.1) is 0 Å². The number of amides is 4. The van der Waals surface area contributed by atoms with Crippen LogP contribution in [0.3, 0.4) is 0 Å². The number of imide groups is 2. The third kappa shape index (κ3) is 1.61. The molecule has 3 rings (SSSR count). The second-order valence-corrected chi connectivity index (χ2v) is 5.03.